The van der Waals surface area contributed by atoms with E-state index in [0.29, 0.717) is 16.1 Å². The van der Waals surface area contributed by atoms with E-state index in [1.165, 1.54) is 6.42 Å². The van der Waals surface area contributed by atoms with Crippen LogP contribution in [0.2, 0.25) is 0 Å². The zero-order chi connectivity index (χ0) is 20.2. The van der Waals surface area contributed by atoms with Crippen molar-refractivity contribution in [2.45, 2.75) is 11.0 Å². The van der Waals surface area contributed by atoms with E-state index < -0.39 is 0 Å². The predicted molar refractivity (Wildman–Crippen MR) is 121 cm³/mol. The molecular weight excluding hydrogens is 404 g/mol. The van der Waals surface area contributed by atoms with E-state index in [9.17, 15) is 0 Å². The van der Waals surface area contributed by atoms with E-state index >= 15 is 0 Å². The molecule has 7 heteroatoms. The lowest BCUT2D eigenvalue weighted by atomic mass is 10.0. The smallest absolute Gasteiger partial charge is 0.164 e. The van der Waals surface area contributed by atoms with E-state index in [-0.39, 0.29) is 0 Å². The highest BCUT2D eigenvalue weighted by molar-refractivity contribution is 8.16. The molecule has 0 atom stereocenters. The van der Waals surface area contributed by atoms with Gasteiger partial charge in [0, 0.05) is 23.4 Å². The summed E-state index contributed by atoms with van der Waals surface area (Å²) in [6.45, 7) is 0. The summed E-state index contributed by atoms with van der Waals surface area (Å²) in [7, 11) is 4.95. The summed E-state index contributed by atoms with van der Waals surface area (Å²) in [4.78, 5) is 0. The fraction of sp³-hybridized carbons (Fsp3) is 0.318. The molecule has 0 saturated carbocycles. The molecule has 1 aliphatic heterocycles. The van der Waals surface area contributed by atoms with E-state index in [1.54, 1.807) is 21.3 Å². The van der Waals surface area contributed by atoms with Gasteiger partial charge in [-0.25, -0.2) is 4.68 Å². The maximum atomic E-state index is 5.71. The highest BCUT2D eigenvalue weighted by Gasteiger charge is 2.26. The number of nitrogens with zero attached hydrogens (tertiary/aromatic N) is 2. The van der Waals surface area contributed by atoms with Crippen molar-refractivity contribution in [3.8, 4) is 34.1 Å². The van der Waals surface area contributed by atoms with E-state index in [2.05, 4.69) is 18.3 Å². The second-order valence-electron chi connectivity index (χ2n) is 6.54. The molecule has 0 radical (unpaired) electrons. The Balaban J connectivity index is 1.89. The van der Waals surface area contributed by atoms with Crippen molar-refractivity contribution in [3.05, 3.63) is 54.4 Å². The van der Waals surface area contributed by atoms with Crippen molar-refractivity contribution in [1.82, 2.24) is 9.78 Å². The van der Waals surface area contributed by atoms with Gasteiger partial charge < -0.3 is 14.2 Å². The highest BCUT2D eigenvalue weighted by Crippen LogP contribution is 2.49. The third-order valence-corrected chi connectivity index (χ3v) is 7.73. The minimum absolute atomic E-state index is 0.293. The number of thioether (sulfide) groups is 2. The van der Waals surface area contributed by atoms with Crippen LogP contribution < -0.4 is 14.2 Å². The molecule has 5 nitrogen and oxygen atoms in total. The monoisotopic (exact) mass is 428 g/mol. The van der Waals surface area contributed by atoms with Crippen LogP contribution in [0.15, 0.2) is 48.7 Å². The van der Waals surface area contributed by atoms with Crippen molar-refractivity contribution in [3.63, 3.8) is 0 Å². The van der Waals surface area contributed by atoms with Gasteiger partial charge in [-0.05, 0) is 36.1 Å². The number of benzene rings is 2. The molecular formula is C22H24N2O3S2. The molecule has 0 aliphatic carbocycles. The minimum Gasteiger partial charge on any atom is -0.496 e. The quantitative estimate of drug-likeness (QED) is 0.521. The summed E-state index contributed by atoms with van der Waals surface area (Å²) >= 11 is 3.91. The summed E-state index contributed by atoms with van der Waals surface area (Å²) in [5, 5.41) is 5.00. The number of methoxy groups -OCH3 is 3. The standard InChI is InChI=1S/C22H24N2O3S2/c1-25-18-13-20(27-3)19(26-2)12-16(18)17-14-24(15-8-5-4-6-9-15)23-21(17)22-28-10-7-11-29-22/h4-6,8-9,12-14,22H,7,10-11H2,1-3H3. The van der Waals surface area contributed by atoms with Gasteiger partial charge in [-0.2, -0.15) is 5.10 Å². The van der Waals surface area contributed by atoms with Crippen molar-refractivity contribution in [1.29, 1.82) is 0 Å². The second-order valence-corrected chi connectivity index (χ2v) is 9.27. The first-order valence-electron chi connectivity index (χ1n) is 9.43. The van der Waals surface area contributed by atoms with Crippen molar-refractivity contribution < 1.29 is 14.2 Å². The summed E-state index contributed by atoms with van der Waals surface area (Å²) in [6, 6.07) is 14.0. The van der Waals surface area contributed by atoms with Gasteiger partial charge in [0.15, 0.2) is 11.5 Å². The van der Waals surface area contributed by atoms with E-state index in [4.69, 9.17) is 19.3 Å². The van der Waals surface area contributed by atoms with Crippen LogP contribution in [-0.4, -0.2) is 42.6 Å². The molecule has 152 valence electrons. The fourth-order valence-corrected chi connectivity index (χ4v) is 6.23. The number of hydrogen-bond donors (Lipinski definition) is 0. The lowest BCUT2D eigenvalue weighted by Gasteiger charge is -2.21. The highest BCUT2D eigenvalue weighted by atomic mass is 32.2. The Morgan fingerprint density at radius 2 is 1.52 bits per heavy atom. The molecule has 0 amide bonds. The first-order chi connectivity index (χ1) is 14.2. The third kappa shape index (κ3) is 4.07. The lowest BCUT2D eigenvalue weighted by Crippen LogP contribution is -2.03. The zero-order valence-electron chi connectivity index (χ0n) is 16.8. The molecule has 1 aliphatic rings. The molecule has 0 unspecified atom stereocenters. The molecule has 2 heterocycles. The topological polar surface area (TPSA) is 45.5 Å². The van der Waals surface area contributed by atoms with Crippen LogP contribution >= 0.6 is 23.5 Å². The number of ether oxygens (including phenoxy) is 3. The zero-order valence-corrected chi connectivity index (χ0v) is 18.4. The van der Waals surface area contributed by atoms with Gasteiger partial charge in [-0.3, -0.25) is 0 Å². The van der Waals surface area contributed by atoms with Crippen LogP contribution in [0.4, 0.5) is 0 Å². The van der Waals surface area contributed by atoms with Gasteiger partial charge in [-0.15, -0.1) is 23.5 Å². The molecule has 29 heavy (non-hydrogen) atoms. The largest absolute Gasteiger partial charge is 0.496 e. The van der Waals surface area contributed by atoms with Crippen LogP contribution in [0.3, 0.4) is 0 Å². The number of rotatable bonds is 6. The Labute approximate surface area is 179 Å². The van der Waals surface area contributed by atoms with Gasteiger partial charge in [0.25, 0.3) is 0 Å². The predicted octanol–water partition coefficient (Wildman–Crippen LogP) is 5.43. The molecule has 1 aromatic heterocycles. The number of para-hydroxylation sites is 1. The van der Waals surface area contributed by atoms with Gasteiger partial charge in [0.2, 0.25) is 0 Å². The van der Waals surface area contributed by atoms with E-state index in [0.717, 1.165) is 39.8 Å². The molecule has 2 aromatic carbocycles. The van der Waals surface area contributed by atoms with Gasteiger partial charge in [0.05, 0.1) is 37.3 Å². The Morgan fingerprint density at radius 3 is 2.17 bits per heavy atom. The molecule has 0 bridgehead atoms. The molecule has 4 rings (SSSR count). The summed E-state index contributed by atoms with van der Waals surface area (Å²) in [5.74, 6) is 4.36. The maximum Gasteiger partial charge on any atom is 0.164 e. The Hall–Kier alpha value is -2.25. The maximum absolute atomic E-state index is 5.71. The van der Waals surface area contributed by atoms with Crippen LogP contribution in [0.1, 0.15) is 16.7 Å². The lowest BCUT2D eigenvalue weighted by molar-refractivity contribution is 0.349. The van der Waals surface area contributed by atoms with Crippen molar-refractivity contribution in [2.75, 3.05) is 32.8 Å². The van der Waals surface area contributed by atoms with Crippen LogP contribution in [0.5, 0.6) is 17.2 Å². The normalized spacial score (nSPS) is 14.6. The summed E-state index contributed by atoms with van der Waals surface area (Å²) in [5.41, 5.74) is 4.10. The van der Waals surface area contributed by atoms with Crippen LogP contribution in [0, 0.1) is 0 Å². The minimum atomic E-state index is 0.293. The molecule has 0 spiro atoms. The molecule has 3 aromatic rings. The Kier molecular flexibility index (Phi) is 6.25. The van der Waals surface area contributed by atoms with Crippen molar-refractivity contribution >= 4 is 23.5 Å². The first kappa shape index (κ1) is 20.0. The summed E-state index contributed by atoms with van der Waals surface area (Å²) < 4.78 is 19.0. The molecule has 1 saturated heterocycles. The van der Waals surface area contributed by atoms with E-state index in [1.807, 2.05) is 58.5 Å². The Bertz CT molecular complexity index is 970. The van der Waals surface area contributed by atoms with Gasteiger partial charge in [-0.1, -0.05) is 18.2 Å². The Morgan fingerprint density at radius 1 is 0.862 bits per heavy atom. The molecule has 1 fully saturated rings. The van der Waals surface area contributed by atoms with Crippen molar-refractivity contribution in [2.24, 2.45) is 0 Å². The van der Waals surface area contributed by atoms with Crippen LogP contribution in [0.25, 0.3) is 16.8 Å². The first-order valence-corrected chi connectivity index (χ1v) is 11.5. The van der Waals surface area contributed by atoms with Gasteiger partial charge in [0.1, 0.15) is 5.75 Å². The average molecular weight is 429 g/mol. The second kappa shape index (κ2) is 9.05. The fourth-order valence-electron chi connectivity index (χ4n) is 3.37. The average Bonchev–Trinajstić information content (AvgIpc) is 3.24. The third-order valence-electron chi connectivity index (χ3n) is 4.81. The summed E-state index contributed by atoms with van der Waals surface area (Å²) in [6.07, 6.45) is 3.32. The number of aromatic nitrogens is 2. The van der Waals surface area contributed by atoms with Gasteiger partial charge >= 0.3 is 0 Å². The SMILES string of the molecule is COc1cc(OC)c(-c2cn(-c3ccccc3)nc2C2SCCCS2)cc1OC. The molecule has 0 N–H and O–H groups in total. The van der Waals surface area contributed by atoms with Crippen LogP contribution in [-0.2, 0) is 0 Å². The number of hydrogen-bond acceptors (Lipinski definition) is 6.